The summed E-state index contributed by atoms with van der Waals surface area (Å²) in [6.45, 7) is 1.15. The Hall–Kier alpha value is -1.37. The lowest BCUT2D eigenvalue weighted by Gasteiger charge is -2.16. The number of rotatable bonds is 4. The zero-order valence-electron chi connectivity index (χ0n) is 11.3. The number of hydrogen-bond donors (Lipinski definition) is 1. The molecule has 1 fully saturated rings. The van der Waals surface area contributed by atoms with Crippen molar-refractivity contribution in [2.45, 2.75) is 12.5 Å². The van der Waals surface area contributed by atoms with Crippen LogP contribution in [-0.4, -0.2) is 37.0 Å². The van der Waals surface area contributed by atoms with E-state index in [4.69, 9.17) is 13.9 Å². The summed E-state index contributed by atoms with van der Waals surface area (Å²) in [6.07, 6.45) is 1.68. The van der Waals surface area contributed by atoms with Gasteiger partial charge in [0.15, 0.2) is 0 Å². The van der Waals surface area contributed by atoms with Gasteiger partial charge in [0.25, 0.3) is 0 Å². The average molecular weight is 355 g/mol. The summed E-state index contributed by atoms with van der Waals surface area (Å²) >= 11 is 3.36. The molecule has 0 aliphatic carbocycles. The van der Waals surface area contributed by atoms with Gasteiger partial charge in [-0.3, -0.25) is 0 Å². The quantitative estimate of drug-likeness (QED) is 0.855. The van der Waals surface area contributed by atoms with E-state index >= 15 is 0 Å². The molecule has 1 N–H and O–H groups in total. The molecule has 112 valence electrons. The number of esters is 1. The third-order valence-corrected chi connectivity index (χ3v) is 4.22. The lowest BCUT2D eigenvalue weighted by molar-refractivity contribution is 0.00641. The van der Waals surface area contributed by atoms with E-state index in [0.717, 1.165) is 11.8 Å². The Kier molecular flexibility index (Phi) is 4.28. The van der Waals surface area contributed by atoms with Crippen LogP contribution in [0.25, 0.3) is 11.0 Å². The molecule has 0 saturated carbocycles. The fraction of sp³-hybridized carbons (Fsp3) is 0.400. The number of carbonyl (C=O) groups excluding carboxylic acids is 1. The van der Waals surface area contributed by atoms with Gasteiger partial charge in [-0.2, -0.15) is 0 Å². The number of aliphatic hydroxyl groups excluding tert-OH is 1. The highest BCUT2D eigenvalue weighted by molar-refractivity contribution is 9.10. The van der Waals surface area contributed by atoms with Crippen LogP contribution < -0.4 is 0 Å². The van der Waals surface area contributed by atoms with Gasteiger partial charge < -0.3 is 19.0 Å². The number of aliphatic hydroxyl groups is 1. The molecule has 0 radical (unpaired) electrons. The first-order chi connectivity index (χ1) is 10.1. The maximum absolute atomic E-state index is 12.1. The summed E-state index contributed by atoms with van der Waals surface area (Å²) in [5, 5.41) is 10.8. The molecule has 0 amide bonds. The van der Waals surface area contributed by atoms with Gasteiger partial charge in [0.2, 0.25) is 0 Å². The standard InChI is InChI=1S/C15H15BrO5/c16-12-6-11(5-9-2-4-20-14(9)12)15(18)21-8-13(17)10-1-3-19-7-10/h2,4-6,10,13,17H,1,3,7-8H2. The molecule has 1 aromatic carbocycles. The van der Waals surface area contributed by atoms with E-state index in [1.54, 1.807) is 24.5 Å². The first kappa shape index (κ1) is 14.6. The van der Waals surface area contributed by atoms with Crippen LogP contribution in [-0.2, 0) is 9.47 Å². The van der Waals surface area contributed by atoms with Gasteiger partial charge in [0.1, 0.15) is 12.2 Å². The molecule has 2 unspecified atom stereocenters. The fourth-order valence-corrected chi connectivity index (χ4v) is 2.96. The lowest BCUT2D eigenvalue weighted by Crippen LogP contribution is -2.27. The predicted octanol–water partition coefficient (Wildman–Crippen LogP) is 2.75. The van der Waals surface area contributed by atoms with E-state index in [1.165, 1.54) is 0 Å². The number of carbonyl (C=O) groups is 1. The average Bonchev–Trinajstić information content (AvgIpc) is 3.14. The molecule has 5 nitrogen and oxygen atoms in total. The normalized spacial score (nSPS) is 19.8. The van der Waals surface area contributed by atoms with Gasteiger partial charge >= 0.3 is 5.97 Å². The van der Waals surface area contributed by atoms with Crippen LogP contribution in [0.4, 0.5) is 0 Å². The summed E-state index contributed by atoms with van der Waals surface area (Å²) in [5.74, 6) is -0.419. The minimum atomic E-state index is -0.683. The van der Waals surface area contributed by atoms with Gasteiger partial charge in [0, 0.05) is 17.9 Å². The van der Waals surface area contributed by atoms with Crippen molar-refractivity contribution in [1.82, 2.24) is 0 Å². The van der Waals surface area contributed by atoms with Crippen molar-refractivity contribution in [3.8, 4) is 0 Å². The smallest absolute Gasteiger partial charge is 0.338 e. The molecular formula is C15H15BrO5. The molecule has 1 aromatic heterocycles. The fourth-order valence-electron chi connectivity index (χ4n) is 2.39. The Labute approximate surface area is 130 Å². The second kappa shape index (κ2) is 6.17. The molecule has 2 heterocycles. The second-order valence-electron chi connectivity index (χ2n) is 5.09. The molecule has 2 aromatic rings. The maximum atomic E-state index is 12.1. The number of benzene rings is 1. The Balaban J connectivity index is 1.66. The van der Waals surface area contributed by atoms with Gasteiger partial charge in [0.05, 0.1) is 29.0 Å². The van der Waals surface area contributed by atoms with E-state index in [0.29, 0.717) is 28.8 Å². The van der Waals surface area contributed by atoms with Crippen molar-refractivity contribution in [2.75, 3.05) is 19.8 Å². The molecular weight excluding hydrogens is 340 g/mol. The molecule has 0 spiro atoms. The zero-order valence-corrected chi connectivity index (χ0v) is 12.8. The monoisotopic (exact) mass is 354 g/mol. The first-order valence-electron chi connectivity index (χ1n) is 6.75. The van der Waals surface area contributed by atoms with E-state index in [1.807, 2.05) is 0 Å². The van der Waals surface area contributed by atoms with Gasteiger partial charge in [-0.05, 0) is 40.5 Å². The third kappa shape index (κ3) is 3.12. The Bertz CT molecular complexity index is 645. The van der Waals surface area contributed by atoms with Crippen LogP contribution in [0.5, 0.6) is 0 Å². The number of hydrogen-bond acceptors (Lipinski definition) is 5. The molecule has 6 heteroatoms. The number of fused-ring (bicyclic) bond motifs is 1. The van der Waals surface area contributed by atoms with Crippen LogP contribution in [0.2, 0.25) is 0 Å². The molecule has 21 heavy (non-hydrogen) atoms. The second-order valence-corrected chi connectivity index (χ2v) is 5.94. The van der Waals surface area contributed by atoms with E-state index in [-0.39, 0.29) is 12.5 Å². The minimum absolute atomic E-state index is 0.0199. The lowest BCUT2D eigenvalue weighted by atomic mass is 10.0. The third-order valence-electron chi connectivity index (χ3n) is 3.64. The number of halogens is 1. The zero-order chi connectivity index (χ0) is 14.8. The molecule has 1 aliphatic heterocycles. The maximum Gasteiger partial charge on any atom is 0.338 e. The SMILES string of the molecule is O=C(OCC(O)C1CCOC1)c1cc(Br)c2occc2c1. The first-order valence-corrected chi connectivity index (χ1v) is 7.54. The van der Waals surface area contributed by atoms with Crippen molar-refractivity contribution < 1.29 is 23.8 Å². The highest BCUT2D eigenvalue weighted by atomic mass is 79.9. The van der Waals surface area contributed by atoms with Crippen molar-refractivity contribution in [1.29, 1.82) is 0 Å². The Morgan fingerprint density at radius 3 is 3.14 bits per heavy atom. The molecule has 1 aliphatic rings. The molecule has 0 bridgehead atoms. The summed E-state index contributed by atoms with van der Waals surface area (Å²) in [4.78, 5) is 12.1. The van der Waals surface area contributed by atoms with E-state index < -0.39 is 12.1 Å². The van der Waals surface area contributed by atoms with Crippen LogP contribution in [0.1, 0.15) is 16.8 Å². The van der Waals surface area contributed by atoms with Crippen LogP contribution in [0.3, 0.4) is 0 Å². The van der Waals surface area contributed by atoms with E-state index in [9.17, 15) is 9.90 Å². The van der Waals surface area contributed by atoms with Crippen molar-refractivity contribution >= 4 is 32.9 Å². The molecule has 1 saturated heterocycles. The van der Waals surface area contributed by atoms with Crippen molar-refractivity contribution in [3.63, 3.8) is 0 Å². The highest BCUT2D eigenvalue weighted by Gasteiger charge is 2.25. The van der Waals surface area contributed by atoms with Gasteiger partial charge in [-0.15, -0.1) is 0 Å². The summed E-state index contributed by atoms with van der Waals surface area (Å²) in [7, 11) is 0. The van der Waals surface area contributed by atoms with Crippen molar-refractivity contribution in [2.24, 2.45) is 5.92 Å². The Morgan fingerprint density at radius 1 is 1.52 bits per heavy atom. The summed E-state index contributed by atoms with van der Waals surface area (Å²) < 4.78 is 16.4. The van der Waals surface area contributed by atoms with Crippen LogP contribution in [0.15, 0.2) is 33.4 Å². The molecule has 3 rings (SSSR count). The van der Waals surface area contributed by atoms with Crippen molar-refractivity contribution in [3.05, 3.63) is 34.5 Å². The Morgan fingerprint density at radius 2 is 2.38 bits per heavy atom. The number of furan rings is 1. The predicted molar refractivity (Wildman–Crippen MR) is 79.1 cm³/mol. The van der Waals surface area contributed by atoms with Crippen LogP contribution >= 0.6 is 15.9 Å². The van der Waals surface area contributed by atoms with Gasteiger partial charge in [-0.25, -0.2) is 4.79 Å². The summed E-state index contributed by atoms with van der Waals surface area (Å²) in [5.41, 5.74) is 1.11. The number of ether oxygens (including phenoxy) is 2. The largest absolute Gasteiger partial charge is 0.463 e. The highest BCUT2D eigenvalue weighted by Crippen LogP contribution is 2.27. The molecule has 2 atom stereocenters. The minimum Gasteiger partial charge on any atom is -0.463 e. The van der Waals surface area contributed by atoms with Gasteiger partial charge in [-0.1, -0.05) is 0 Å². The van der Waals surface area contributed by atoms with E-state index in [2.05, 4.69) is 15.9 Å². The topological polar surface area (TPSA) is 68.9 Å². The summed E-state index contributed by atoms with van der Waals surface area (Å²) in [6, 6.07) is 5.14. The van der Waals surface area contributed by atoms with Crippen LogP contribution in [0, 0.1) is 5.92 Å².